The zero-order valence-electron chi connectivity index (χ0n) is 8.15. The number of benzene rings is 1. The second-order valence-electron chi connectivity index (χ2n) is 3.08. The van der Waals surface area contributed by atoms with Gasteiger partial charge in [0, 0.05) is 0 Å². The topological polar surface area (TPSA) is 43.7 Å². The Kier molecular flexibility index (Phi) is 5.90. The van der Waals surface area contributed by atoms with E-state index in [1.165, 1.54) is 6.07 Å². The zero-order chi connectivity index (χ0) is 10.4. The van der Waals surface area contributed by atoms with Crippen LogP contribution in [0.4, 0.5) is 0 Å². The van der Waals surface area contributed by atoms with Gasteiger partial charge in [-0.1, -0.05) is 0 Å². The monoisotopic (exact) mass is 289 g/mol. The summed E-state index contributed by atoms with van der Waals surface area (Å²) in [5, 5.41) is 17.8. The van der Waals surface area contributed by atoms with E-state index in [1.54, 1.807) is 12.1 Å². The molecule has 0 amide bonds. The van der Waals surface area contributed by atoms with Crippen LogP contribution in [0.5, 0.6) is 11.5 Å². The molecule has 0 fully saturated rings. The van der Waals surface area contributed by atoms with Crippen LogP contribution in [0.15, 0.2) is 18.2 Å². The molecule has 1 aromatic rings. The fraction of sp³-hybridized carbons (Fsp3) is 0.333. The van der Waals surface area contributed by atoms with Crippen molar-refractivity contribution < 1.29 is 10.2 Å². The van der Waals surface area contributed by atoms with Gasteiger partial charge in [0.2, 0.25) is 0 Å². The molecule has 0 aliphatic heterocycles. The molecule has 0 aliphatic carbocycles. The number of phenolic OH excluding ortho intramolecular Hbond substituents is 2. The summed E-state index contributed by atoms with van der Waals surface area (Å²) in [5.74, 6) is 0.308. The summed E-state index contributed by atoms with van der Waals surface area (Å²) >= 11 is 0.874. The summed E-state index contributed by atoms with van der Waals surface area (Å²) in [6.07, 6.45) is 0. The van der Waals surface area contributed by atoms with Gasteiger partial charge in [0.05, 0.1) is 0 Å². The van der Waals surface area contributed by atoms with Gasteiger partial charge in [-0.25, -0.2) is 0 Å². The first-order valence-corrected chi connectivity index (χ1v) is 5.46. The van der Waals surface area contributed by atoms with Gasteiger partial charge in [0.25, 0.3) is 0 Å². The Bertz CT molecular complexity index is 261. The molecule has 0 unspecified atom stereocenters. The maximum atomic E-state index is 8.97. The summed E-state index contributed by atoms with van der Waals surface area (Å²) in [6, 6.07) is 4.63. The normalized spacial score (nSPS) is 9.31. The molecule has 0 spiro atoms. The minimum atomic E-state index is 0.116. The Balaban J connectivity index is 0.000000310. The Morgan fingerprint density at radius 3 is 1.92 bits per heavy atom. The number of hydrogen-bond donors (Lipinski definition) is 2. The van der Waals surface area contributed by atoms with Crippen molar-refractivity contribution >= 4 is 26.1 Å². The number of phenols is 2. The molecule has 2 radical (unpaired) electrons. The summed E-state index contributed by atoms with van der Waals surface area (Å²) in [7, 11) is 6.00. The Hall–Kier alpha value is -0.421. The van der Waals surface area contributed by atoms with Crippen molar-refractivity contribution in [2.75, 3.05) is 21.1 Å². The average molecular weight is 288 g/mol. The van der Waals surface area contributed by atoms with Crippen molar-refractivity contribution in [3.8, 4) is 11.5 Å². The molecular weight excluding hydrogens is 273 g/mol. The van der Waals surface area contributed by atoms with E-state index in [1.807, 2.05) is 26.0 Å². The van der Waals surface area contributed by atoms with Gasteiger partial charge in [-0.05, 0) is 21.1 Å². The van der Waals surface area contributed by atoms with E-state index < -0.39 is 0 Å². The summed E-state index contributed by atoms with van der Waals surface area (Å²) in [6.45, 7) is 0. The van der Waals surface area contributed by atoms with Gasteiger partial charge in [0.15, 0.2) is 0 Å². The predicted molar refractivity (Wildman–Crippen MR) is 56.2 cm³/mol. The van der Waals surface area contributed by atoms with Crippen LogP contribution in [0.1, 0.15) is 0 Å². The van der Waals surface area contributed by atoms with Crippen LogP contribution in [0, 0.1) is 0 Å². The van der Waals surface area contributed by atoms with E-state index in [0.717, 1.165) is 26.1 Å². The molecule has 3 nitrogen and oxygen atoms in total. The first-order chi connectivity index (χ1) is 5.93. The van der Waals surface area contributed by atoms with Crippen molar-refractivity contribution in [3.05, 3.63) is 18.2 Å². The third-order valence-corrected chi connectivity index (χ3v) is 2.41. The van der Waals surface area contributed by atoms with Gasteiger partial charge < -0.3 is 4.90 Å². The molecule has 0 aliphatic rings. The van der Waals surface area contributed by atoms with E-state index in [-0.39, 0.29) is 11.5 Å². The number of aromatic hydroxyl groups is 2. The molecule has 0 aromatic heterocycles. The van der Waals surface area contributed by atoms with E-state index in [9.17, 15) is 0 Å². The van der Waals surface area contributed by atoms with Crippen molar-refractivity contribution in [3.63, 3.8) is 0 Å². The molecule has 0 saturated heterocycles. The van der Waals surface area contributed by atoms with E-state index in [4.69, 9.17) is 10.2 Å². The van der Waals surface area contributed by atoms with Crippen LogP contribution in [-0.2, 0) is 0 Å². The Morgan fingerprint density at radius 1 is 1.15 bits per heavy atom. The van der Waals surface area contributed by atoms with Crippen molar-refractivity contribution in [1.82, 2.24) is 4.90 Å². The Morgan fingerprint density at radius 2 is 1.62 bits per heavy atom. The average Bonchev–Trinajstić information content (AvgIpc) is 1.96. The number of nitrogens with zero attached hydrogens (tertiary/aromatic N) is 1. The molecule has 0 saturated carbocycles. The molecule has 2 N–H and O–H groups in total. The third-order valence-electron chi connectivity index (χ3n) is 1.01. The molecule has 1 aromatic carbocycles. The maximum absolute atomic E-state index is 8.97. The molecule has 72 valence electrons. The molecule has 13 heavy (non-hydrogen) atoms. The fourth-order valence-corrected chi connectivity index (χ4v) is 1.04. The molecule has 1 rings (SSSR count). The quantitative estimate of drug-likeness (QED) is 0.650. The zero-order valence-corrected chi connectivity index (χ0v) is 11.4. The number of rotatable bonds is 0. The molecule has 0 bridgehead atoms. The molecular formula is C9H15NO2Sn. The van der Waals surface area contributed by atoms with Crippen LogP contribution in [-0.4, -0.2) is 58.8 Å². The molecule has 0 atom stereocenters. The van der Waals surface area contributed by atoms with Crippen molar-refractivity contribution in [2.24, 2.45) is 0 Å². The molecule has 4 heteroatoms. The van der Waals surface area contributed by atoms with Crippen LogP contribution in [0.25, 0.3) is 0 Å². The summed E-state index contributed by atoms with van der Waals surface area (Å²) in [5.41, 5.74) is 0. The number of hydrogen-bond acceptors (Lipinski definition) is 3. The first-order valence-electron chi connectivity index (χ1n) is 3.82. The van der Waals surface area contributed by atoms with Gasteiger partial charge in [-0.15, -0.1) is 0 Å². The Labute approximate surface area is 92.1 Å². The second-order valence-corrected chi connectivity index (χ2v) is 4.86. The SMILES string of the molecule is CN(C)C.Oc1cc[c]([SnH])c(O)c1. The van der Waals surface area contributed by atoms with Crippen LogP contribution in [0.2, 0.25) is 0 Å². The van der Waals surface area contributed by atoms with Gasteiger partial charge in [-0.2, -0.15) is 0 Å². The second kappa shape index (κ2) is 6.10. The third kappa shape index (κ3) is 6.71. The van der Waals surface area contributed by atoms with Gasteiger partial charge in [-0.3, -0.25) is 0 Å². The predicted octanol–water partition coefficient (Wildman–Crippen LogP) is -0.198. The van der Waals surface area contributed by atoms with Crippen molar-refractivity contribution in [1.29, 1.82) is 0 Å². The fourth-order valence-electron chi connectivity index (χ4n) is 0.532. The molecule has 0 heterocycles. The van der Waals surface area contributed by atoms with Gasteiger partial charge in [0.1, 0.15) is 0 Å². The van der Waals surface area contributed by atoms with Crippen LogP contribution < -0.4 is 3.58 Å². The van der Waals surface area contributed by atoms with Crippen molar-refractivity contribution in [2.45, 2.75) is 0 Å². The van der Waals surface area contributed by atoms with E-state index in [2.05, 4.69) is 0 Å². The van der Waals surface area contributed by atoms with E-state index >= 15 is 0 Å². The summed E-state index contributed by atoms with van der Waals surface area (Å²) in [4.78, 5) is 2.00. The first kappa shape index (κ1) is 12.6. The van der Waals surface area contributed by atoms with Crippen LogP contribution >= 0.6 is 0 Å². The summed E-state index contributed by atoms with van der Waals surface area (Å²) < 4.78 is 0.901. The standard InChI is InChI=1S/C6H5O2.C3H9N.Sn.H/c7-5-2-1-3-6(8)4-5;1-4(2)3;;/h1-2,4,7-8H;1-3H3;;. The minimum absolute atomic E-state index is 0.116. The van der Waals surface area contributed by atoms with Crippen LogP contribution in [0.3, 0.4) is 0 Å². The van der Waals surface area contributed by atoms with Gasteiger partial charge >= 0.3 is 66.0 Å². The van der Waals surface area contributed by atoms with E-state index in [0.29, 0.717) is 0 Å².